The van der Waals surface area contributed by atoms with Gasteiger partial charge in [0.1, 0.15) is 17.8 Å². The van der Waals surface area contributed by atoms with Gasteiger partial charge in [0.05, 0.1) is 34.6 Å². The predicted octanol–water partition coefficient (Wildman–Crippen LogP) is 6.42. The standard InChI is InChI=1S/C30H24FN7O/c1-17(2)8-27(39)36-22-10-20(12-32-13-22)18-6-7-25-23(11-18)29(35-16-34-25)30-37-26-15-33-14-24(28(26)38-30)19-4-3-5-21(31)9-19/h3-7,9-17H,8H2,1-2H3,(H,36,39)(H,37,38). The highest BCUT2D eigenvalue weighted by Gasteiger charge is 2.16. The lowest BCUT2D eigenvalue weighted by Gasteiger charge is -2.09. The summed E-state index contributed by atoms with van der Waals surface area (Å²) in [7, 11) is 0. The first-order valence-electron chi connectivity index (χ1n) is 12.5. The minimum atomic E-state index is -0.326. The number of hydrogen-bond donors (Lipinski definition) is 2. The summed E-state index contributed by atoms with van der Waals surface area (Å²) in [5, 5.41) is 3.72. The number of anilines is 1. The van der Waals surface area contributed by atoms with E-state index in [-0.39, 0.29) is 17.6 Å². The van der Waals surface area contributed by atoms with Crippen LogP contribution in [0.25, 0.3) is 55.7 Å². The number of hydrogen-bond acceptors (Lipinski definition) is 6. The van der Waals surface area contributed by atoms with Gasteiger partial charge in [0.15, 0.2) is 5.82 Å². The lowest BCUT2D eigenvalue weighted by Crippen LogP contribution is -2.13. The van der Waals surface area contributed by atoms with Crippen LogP contribution in [0.5, 0.6) is 0 Å². The summed E-state index contributed by atoms with van der Waals surface area (Å²) >= 11 is 0. The molecule has 4 aromatic heterocycles. The van der Waals surface area contributed by atoms with Crippen molar-refractivity contribution in [1.82, 2.24) is 29.9 Å². The van der Waals surface area contributed by atoms with E-state index in [1.807, 2.05) is 44.2 Å². The molecule has 2 N–H and O–H groups in total. The maximum Gasteiger partial charge on any atom is 0.224 e. The van der Waals surface area contributed by atoms with Crippen LogP contribution in [0.4, 0.5) is 10.1 Å². The van der Waals surface area contributed by atoms with Gasteiger partial charge in [0.25, 0.3) is 0 Å². The molecule has 2 aromatic carbocycles. The van der Waals surface area contributed by atoms with E-state index in [2.05, 4.69) is 30.2 Å². The molecule has 0 fully saturated rings. The van der Waals surface area contributed by atoms with Gasteiger partial charge in [0.2, 0.25) is 5.91 Å². The average molecular weight is 518 g/mol. The minimum absolute atomic E-state index is 0.0462. The number of imidazole rings is 1. The summed E-state index contributed by atoms with van der Waals surface area (Å²) in [6.07, 6.45) is 8.69. The fourth-order valence-corrected chi connectivity index (χ4v) is 4.59. The smallest absolute Gasteiger partial charge is 0.224 e. The summed E-state index contributed by atoms with van der Waals surface area (Å²) in [6, 6.07) is 14.1. The highest BCUT2D eigenvalue weighted by Crippen LogP contribution is 2.32. The van der Waals surface area contributed by atoms with Crippen molar-refractivity contribution >= 4 is 33.5 Å². The van der Waals surface area contributed by atoms with Crippen LogP contribution in [0, 0.1) is 11.7 Å². The van der Waals surface area contributed by atoms with Gasteiger partial charge in [-0.15, -0.1) is 0 Å². The first kappa shape index (κ1) is 24.3. The molecule has 39 heavy (non-hydrogen) atoms. The lowest BCUT2D eigenvalue weighted by molar-refractivity contribution is -0.116. The molecule has 0 aliphatic heterocycles. The van der Waals surface area contributed by atoms with Crippen LogP contribution in [0.2, 0.25) is 0 Å². The minimum Gasteiger partial charge on any atom is -0.335 e. The average Bonchev–Trinajstić information content (AvgIpc) is 3.36. The number of halogens is 1. The number of aromatic amines is 1. The molecule has 192 valence electrons. The van der Waals surface area contributed by atoms with E-state index in [0.717, 1.165) is 27.6 Å². The number of nitrogens with one attached hydrogen (secondary N) is 2. The third-order valence-corrected chi connectivity index (χ3v) is 6.34. The van der Waals surface area contributed by atoms with E-state index in [9.17, 15) is 9.18 Å². The van der Waals surface area contributed by atoms with Gasteiger partial charge >= 0.3 is 0 Å². The van der Waals surface area contributed by atoms with Crippen molar-refractivity contribution in [2.45, 2.75) is 20.3 Å². The maximum atomic E-state index is 13.9. The van der Waals surface area contributed by atoms with Crippen LogP contribution < -0.4 is 5.32 Å². The van der Waals surface area contributed by atoms with Crippen LogP contribution in [0.1, 0.15) is 20.3 Å². The van der Waals surface area contributed by atoms with Crippen LogP contribution in [-0.4, -0.2) is 35.8 Å². The van der Waals surface area contributed by atoms with E-state index in [1.54, 1.807) is 30.9 Å². The Morgan fingerprint density at radius 2 is 1.82 bits per heavy atom. The number of nitrogens with zero attached hydrogens (tertiary/aromatic N) is 5. The number of fused-ring (bicyclic) bond motifs is 2. The molecule has 0 radical (unpaired) electrons. The molecule has 0 saturated carbocycles. The predicted molar refractivity (Wildman–Crippen MR) is 149 cm³/mol. The number of H-pyrrole nitrogens is 1. The molecule has 0 aliphatic carbocycles. The quantitative estimate of drug-likeness (QED) is 0.264. The summed E-state index contributed by atoms with van der Waals surface area (Å²) in [5.74, 6) is 0.440. The van der Waals surface area contributed by atoms with Crippen molar-refractivity contribution in [1.29, 1.82) is 0 Å². The number of aromatic nitrogens is 6. The molecule has 0 spiro atoms. The Hall–Kier alpha value is -5.05. The molecule has 0 saturated heterocycles. The van der Waals surface area contributed by atoms with E-state index in [4.69, 9.17) is 4.98 Å². The van der Waals surface area contributed by atoms with Crippen molar-refractivity contribution in [3.63, 3.8) is 0 Å². The molecule has 9 heteroatoms. The van der Waals surface area contributed by atoms with E-state index in [1.165, 1.54) is 18.5 Å². The number of carbonyl (C=O) groups is 1. The molecule has 0 unspecified atom stereocenters. The summed E-state index contributed by atoms with van der Waals surface area (Å²) in [5.41, 5.74) is 6.54. The van der Waals surface area contributed by atoms with Gasteiger partial charge < -0.3 is 10.3 Å². The Morgan fingerprint density at radius 3 is 2.67 bits per heavy atom. The first-order chi connectivity index (χ1) is 18.9. The summed E-state index contributed by atoms with van der Waals surface area (Å²) < 4.78 is 13.9. The molecule has 8 nitrogen and oxygen atoms in total. The Bertz CT molecular complexity index is 1850. The second kappa shape index (κ2) is 10.0. The second-order valence-electron chi connectivity index (χ2n) is 9.74. The molecule has 0 bridgehead atoms. The van der Waals surface area contributed by atoms with E-state index in [0.29, 0.717) is 40.2 Å². The monoisotopic (exact) mass is 517 g/mol. The highest BCUT2D eigenvalue weighted by molar-refractivity contribution is 5.98. The van der Waals surface area contributed by atoms with Crippen molar-refractivity contribution in [2.75, 3.05) is 5.32 Å². The number of pyridine rings is 2. The van der Waals surface area contributed by atoms with Crippen LogP contribution in [0.3, 0.4) is 0 Å². The van der Waals surface area contributed by atoms with E-state index >= 15 is 0 Å². The molecular weight excluding hydrogens is 493 g/mol. The molecule has 6 aromatic rings. The molecule has 4 heterocycles. The van der Waals surface area contributed by atoms with Crippen LogP contribution in [-0.2, 0) is 4.79 Å². The van der Waals surface area contributed by atoms with Crippen molar-refractivity contribution in [3.8, 4) is 33.8 Å². The number of carbonyl (C=O) groups excluding carboxylic acids is 1. The zero-order valence-corrected chi connectivity index (χ0v) is 21.3. The SMILES string of the molecule is CC(C)CC(=O)Nc1cncc(-c2ccc3ncnc(-c4nc5c(-c6cccc(F)c6)cncc5[nH]4)c3c2)c1. The zero-order chi connectivity index (χ0) is 26.9. The maximum absolute atomic E-state index is 13.9. The fraction of sp³-hybridized carbons (Fsp3) is 0.133. The normalized spacial score (nSPS) is 11.4. The topological polar surface area (TPSA) is 109 Å². The molecule has 1 amide bonds. The molecule has 0 aliphatic rings. The zero-order valence-electron chi connectivity index (χ0n) is 21.3. The van der Waals surface area contributed by atoms with E-state index < -0.39 is 0 Å². The second-order valence-corrected chi connectivity index (χ2v) is 9.74. The Morgan fingerprint density at radius 1 is 0.949 bits per heavy atom. The van der Waals surface area contributed by atoms with Gasteiger partial charge in [-0.25, -0.2) is 19.3 Å². The Labute approximate surface area is 223 Å². The van der Waals surface area contributed by atoms with Gasteiger partial charge in [0, 0.05) is 35.3 Å². The number of rotatable bonds is 6. The summed E-state index contributed by atoms with van der Waals surface area (Å²) in [6.45, 7) is 4.01. The fourth-order valence-electron chi connectivity index (χ4n) is 4.59. The van der Waals surface area contributed by atoms with Crippen LogP contribution in [0.15, 0.2) is 79.6 Å². The Kier molecular flexibility index (Phi) is 6.24. The van der Waals surface area contributed by atoms with Crippen molar-refractivity contribution in [3.05, 3.63) is 85.5 Å². The lowest BCUT2D eigenvalue weighted by atomic mass is 10.0. The van der Waals surface area contributed by atoms with Gasteiger partial charge in [-0.2, -0.15) is 0 Å². The van der Waals surface area contributed by atoms with Gasteiger partial charge in [-0.05, 0) is 47.4 Å². The number of amides is 1. The summed E-state index contributed by atoms with van der Waals surface area (Å²) in [4.78, 5) is 38.1. The third-order valence-electron chi connectivity index (χ3n) is 6.34. The first-order valence-corrected chi connectivity index (χ1v) is 12.5. The molecular formula is C30H24FN7O. The highest BCUT2D eigenvalue weighted by atomic mass is 19.1. The van der Waals surface area contributed by atoms with Crippen LogP contribution >= 0.6 is 0 Å². The molecule has 6 rings (SSSR count). The number of benzene rings is 2. The molecule has 0 atom stereocenters. The van der Waals surface area contributed by atoms with Crippen molar-refractivity contribution < 1.29 is 9.18 Å². The Balaban J connectivity index is 1.41. The van der Waals surface area contributed by atoms with Gasteiger partial charge in [-0.1, -0.05) is 32.0 Å². The largest absolute Gasteiger partial charge is 0.335 e. The van der Waals surface area contributed by atoms with Gasteiger partial charge in [-0.3, -0.25) is 14.8 Å². The third kappa shape index (κ3) is 4.94. The van der Waals surface area contributed by atoms with Crippen molar-refractivity contribution in [2.24, 2.45) is 5.92 Å².